The number of methoxy groups -OCH3 is 1. The fraction of sp³-hybridized carbons (Fsp3) is 0.737. The van der Waals surface area contributed by atoms with Crippen molar-refractivity contribution < 1.29 is 18.6 Å². The minimum absolute atomic E-state index is 0. The van der Waals surface area contributed by atoms with Crippen molar-refractivity contribution in [3.63, 3.8) is 0 Å². The van der Waals surface area contributed by atoms with Crippen molar-refractivity contribution in [1.82, 2.24) is 10.2 Å². The number of likely N-dealkylation sites (tertiary alicyclic amines) is 1. The van der Waals surface area contributed by atoms with Crippen LogP contribution < -0.4 is 5.32 Å². The van der Waals surface area contributed by atoms with E-state index < -0.39 is 5.79 Å². The first kappa shape index (κ1) is 22.4. The van der Waals surface area contributed by atoms with Crippen molar-refractivity contribution >= 4 is 29.9 Å². The van der Waals surface area contributed by atoms with Gasteiger partial charge >= 0.3 is 0 Å². The van der Waals surface area contributed by atoms with E-state index in [0.29, 0.717) is 32.3 Å². The van der Waals surface area contributed by atoms with Gasteiger partial charge in [0.25, 0.3) is 0 Å². The van der Waals surface area contributed by atoms with Crippen LogP contribution in [0.15, 0.2) is 27.8 Å². The number of furan rings is 1. The van der Waals surface area contributed by atoms with Gasteiger partial charge in [-0.2, -0.15) is 0 Å². The van der Waals surface area contributed by atoms with E-state index in [4.69, 9.17) is 23.6 Å². The zero-order valence-electron chi connectivity index (χ0n) is 16.3. The van der Waals surface area contributed by atoms with Gasteiger partial charge in [0.2, 0.25) is 0 Å². The Morgan fingerprint density at radius 3 is 2.93 bits per heavy atom. The standard InChI is InChI=1S/C19H31N3O4.HI/c1-19(25-13-14-26-19)16-5-3-10-22(15-16)18(21-9-12-23-2)20-8-7-17-6-4-11-24-17;/h4,6,11,16H,3,5,7-10,12-15H2,1-2H3,(H,20,21);1H. The molecule has 0 radical (unpaired) electrons. The van der Waals surface area contributed by atoms with Crippen molar-refractivity contribution in [2.75, 3.05) is 53.1 Å². The van der Waals surface area contributed by atoms with Crippen LogP contribution in [0.3, 0.4) is 0 Å². The minimum atomic E-state index is -0.468. The first-order valence-electron chi connectivity index (χ1n) is 9.54. The summed E-state index contributed by atoms with van der Waals surface area (Å²) in [7, 11) is 1.70. The summed E-state index contributed by atoms with van der Waals surface area (Å²) in [6, 6.07) is 3.91. The molecule has 0 aliphatic carbocycles. The molecule has 1 atom stereocenters. The number of nitrogens with one attached hydrogen (secondary N) is 1. The summed E-state index contributed by atoms with van der Waals surface area (Å²) >= 11 is 0. The first-order chi connectivity index (χ1) is 12.7. The van der Waals surface area contributed by atoms with Crippen molar-refractivity contribution in [2.45, 2.75) is 32.0 Å². The second-order valence-corrected chi connectivity index (χ2v) is 6.95. The maximum absolute atomic E-state index is 5.90. The van der Waals surface area contributed by atoms with Crippen LogP contribution in [0.2, 0.25) is 0 Å². The molecule has 1 aromatic rings. The van der Waals surface area contributed by atoms with Gasteiger partial charge in [-0.3, -0.25) is 4.99 Å². The normalized spacial score (nSPS) is 22.5. The average Bonchev–Trinajstić information content (AvgIpc) is 3.33. The Morgan fingerprint density at radius 1 is 1.41 bits per heavy atom. The molecule has 3 rings (SSSR count). The van der Waals surface area contributed by atoms with Gasteiger partial charge in [-0.15, -0.1) is 24.0 Å². The molecule has 8 heteroatoms. The lowest BCUT2D eigenvalue weighted by Gasteiger charge is -2.41. The predicted octanol–water partition coefficient (Wildman–Crippen LogP) is 2.51. The summed E-state index contributed by atoms with van der Waals surface area (Å²) in [5.41, 5.74) is 0. The molecule has 3 heterocycles. The van der Waals surface area contributed by atoms with Crippen LogP contribution in [0.25, 0.3) is 0 Å². The highest BCUT2D eigenvalue weighted by atomic mass is 127. The second-order valence-electron chi connectivity index (χ2n) is 6.95. The molecule has 27 heavy (non-hydrogen) atoms. The summed E-state index contributed by atoms with van der Waals surface area (Å²) < 4.78 is 22.4. The zero-order chi connectivity index (χ0) is 18.2. The maximum Gasteiger partial charge on any atom is 0.194 e. The molecule has 1 N–H and O–H groups in total. The number of hydrogen-bond acceptors (Lipinski definition) is 5. The highest BCUT2D eigenvalue weighted by molar-refractivity contribution is 14.0. The molecule has 1 unspecified atom stereocenters. The summed E-state index contributed by atoms with van der Waals surface area (Å²) in [6.07, 6.45) is 4.76. The number of aliphatic imine (C=N–C) groups is 1. The molecule has 7 nitrogen and oxygen atoms in total. The number of guanidine groups is 1. The third kappa shape index (κ3) is 6.33. The third-order valence-corrected chi connectivity index (χ3v) is 5.11. The van der Waals surface area contributed by atoms with E-state index in [1.165, 1.54) is 0 Å². The van der Waals surface area contributed by atoms with Crippen molar-refractivity contribution in [3.05, 3.63) is 24.2 Å². The van der Waals surface area contributed by atoms with Crippen molar-refractivity contribution in [2.24, 2.45) is 10.9 Å². The number of piperidine rings is 1. The third-order valence-electron chi connectivity index (χ3n) is 5.11. The lowest BCUT2D eigenvalue weighted by Crippen LogP contribution is -2.52. The molecule has 154 valence electrons. The Labute approximate surface area is 178 Å². The molecule has 1 aromatic heterocycles. The first-order valence-corrected chi connectivity index (χ1v) is 9.54. The monoisotopic (exact) mass is 493 g/mol. The van der Waals surface area contributed by atoms with Gasteiger partial charge in [0.1, 0.15) is 5.76 Å². The highest BCUT2D eigenvalue weighted by Crippen LogP contribution is 2.34. The number of ether oxygens (including phenoxy) is 3. The van der Waals surface area contributed by atoms with Crippen LogP contribution in [0.4, 0.5) is 0 Å². The van der Waals surface area contributed by atoms with Crippen LogP contribution in [0.5, 0.6) is 0 Å². The van der Waals surface area contributed by atoms with Crippen LogP contribution >= 0.6 is 24.0 Å². The van der Waals surface area contributed by atoms with Gasteiger partial charge in [0.05, 0.1) is 32.6 Å². The number of rotatable bonds is 7. The Balaban J connectivity index is 0.00000261. The number of halogens is 1. The Bertz CT molecular complexity index is 561. The SMILES string of the molecule is COCCN=C(NCCc1ccco1)N1CCCC(C2(C)OCCO2)C1.I. The van der Waals surface area contributed by atoms with E-state index in [1.807, 2.05) is 12.1 Å². The molecule has 0 saturated carbocycles. The van der Waals surface area contributed by atoms with Gasteiger partial charge in [-0.25, -0.2) is 0 Å². The van der Waals surface area contributed by atoms with Crippen LogP contribution in [-0.4, -0.2) is 69.8 Å². The Morgan fingerprint density at radius 2 is 2.22 bits per heavy atom. The van der Waals surface area contributed by atoms with Gasteiger partial charge in [0.15, 0.2) is 11.7 Å². The molecule has 2 aliphatic heterocycles. The lowest BCUT2D eigenvalue weighted by molar-refractivity contribution is -0.189. The van der Waals surface area contributed by atoms with Crippen LogP contribution in [0.1, 0.15) is 25.5 Å². The van der Waals surface area contributed by atoms with Crippen molar-refractivity contribution in [3.8, 4) is 0 Å². The van der Waals surface area contributed by atoms with E-state index in [2.05, 4.69) is 17.1 Å². The fourth-order valence-electron chi connectivity index (χ4n) is 3.63. The molecular weight excluding hydrogens is 461 g/mol. The lowest BCUT2D eigenvalue weighted by atomic mass is 9.90. The molecule has 0 spiro atoms. The molecule has 2 fully saturated rings. The molecule has 0 bridgehead atoms. The van der Waals surface area contributed by atoms with Gasteiger partial charge in [-0.05, 0) is 31.9 Å². The fourth-order valence-corrected chi connectivity index (χ4v) is 3.63. The zero-order valence-corrected chi connectivity index (χ0v) is 18.6. The van der Waals surface area contributed by atoms with Gasteiger partial charge < -0.3 is 28.8 Å². The number of hydrogen-bond donors (Lipinski definition) is 1. The summed E-state index contributed by atoms with van der Waals surface area (Å²) in [4.78, 5) is 7.06. The number of nitrogens with zero attached hydrogens (tertiary/aromatic N) is 2. The van der Waals surface area contributed by atoms with E-state index in [9.17, 15) is 0 Å². The summed E-state index contributed by atoms with van der Waals surface area (Å²) in [6.45, 7) is 7.36. The van der Waals surface area contributed by atoms with Crippen molar-refractivity contribution in [1.29, 1.82) is 0 Å². The molecule has 2 aliphatic rings. The topological polar surface area (TPSA) is 68.5 Å². The van der Waals surface area contributed by atoms with E-state index in [1.54, 1.807) is 13.4 Å². The molecular formula is C19H32IN3O4. The van der Waals surface area contributed by atoms with Gasteiger partial charge in [-0.1, -0.05) is 0 Å². The second kappa shape index (κ2) is 11.2. The summed E-state index contributed by atoms with van der Waals surface area (Å²) in [5.74, 6) is 1.79. The molecule has 0 aromatic carbocycles. The van der Waals surface area contributed by atoms with E-state index in [-0.39, 0.29) is 24.0 Å². The Hall–Kier alpha value is -0.840. The Kier molecular flexibility index (Phi) is 9.34. The summed E-state index contributed by atoms with van der Waals surface area (Å²) in [5, 5.41) is 3.49. The van der Waals surface area contributed by atoms with Gasteiger partial charge in [0, 0.05) is 39.1 Å². The van der Waals surface area contributed by atoms with Crippen LogP contribution in [-0.2, 0) is 20.6 Å². The maximum atomic E-state index is 5.90. The largest absolute Gasteiger partial charge is 0.469 e. The van der Waals surface area contributed by atoms with Crippen LogP contribution in [0, 0.1) is 5.92 Å². The quantitative estimate of drug-likeness (QED) is 0.273. The minimum Gasteiger partial charge on any atom is -0.469 e. The van der Waals surface area contributed by atoms with E-state index in [0.717, 1.165) is 50.6 Å². The predicted molar refractivity (Wildman–Crippen MR) is 115 cm³/mol. The highest BCUT2D eigenvalue weighted by Gasteiger charge is 2.42. The molecule has 0 amide bonds. The average molecular weight is 493 g/mol. The van der Waals surface area contributed by atoms with E-state index >= 15 is 0 Å². The molecule has 2 saturated heterocycles. The smallest absolute Gasteiger partial charge is 0.194 e.